The second kappa shape index (κ2) is 5.44. The molecular weight excluding hydrogens is 307 g/mol. The molecule has 2 heterocycles. The summed E-state index contributed by atoms with van der Waals surface area (Å²) in [6, 6.07) is 13.1. The van der Waals surface area contributed by atoms with E-state index in [1.165, 1.54) is 34.7 Å². The largest absolute Gasteiger partial charge is 0.356 e. The van der Waals surface area contributed by atoms with E-state index in [0.717, 1.165) is 12.1 Å². The quantitative estimate of drug-likeness (QED) is 0.798. The summed E-state index contributed by atoms with van der Waals surface area (Å²) in [7, 11) is 0. The Kier molecular flexibility index (Phi) is 3.37. The van der Waals surface area contributed by atoms with Gasteiger partial charge in [0.2, 0.25) is 5.91 Å². The van der Waals surface area contributed by atoms with Crippen molar-refractivity contribution in [3.63, 3.8) is 0 Å². The van der Waals surface area contributed by atoms with Crippen LogP contribution in [-0.2, 0) is 16.0 Å². The fourth-order valence-corrected chi connectivity index (χ4v) is 3.76. The summed E-state index contributed by atoms with van der Waals surface area (Å²) in [6.07, 6.45) is 1.01. The van der Waals surface area contributed by atoms with Crippen molar-refractivity contribution in [2.24, 2.45) is 0 Å². The zero-order valence-corrected chi connectivity index (χ0v) is 13.3. The first-order valence-electron chi connectivity index (χ1n) is 8.05. The molecule has 2 aromatic carbocycles. The van der Waals surface area contributed by atoms with Crippen LogP contribution in [0.4, 0.5) is 15.8 Å². The average Bonchev–Trinajstić information content (AvgIpc) is 3.04. The van der Waals surface area contributed by atoms with Gasteiger partial charge in [0.05, 0.1) is 12.1 Å². The number of halogens is 1. The lowest BCUT2D eigenvalue weighted by Crippen LogP contribution is -2.45. The van der Waals surface area contributed by atoms with Gasteiger partial charge in [0.1, 0.15) is 11.9 Å². The maximum absolute atomic E-state index is 13.1. The first kappa shape index (κ1) is 14.9. The van der Waals surface area contributed by atoms with Crippen LogP contribution in [0.15, 0.2) is 48.5 Å². The summed E-state index contributed by atoms with van der Waals surface area (Å²) in [4.78, 5) is 28.6. The van der Waals surface area contributed by atoms with Crippen LogP contribution >= 0.6 is 0 Å². The minimum atomic E-state index is -0.499. The molecule has 2 atom stereocenters. The molecule has 2 unspecified atom stereocenters. The van der Waals surface area contributed by atoms with Crippen LogP contribution < -0.4 is 9.80 Å². The van der Waals surface area contributed by atoms with Crippen molar-refractivity contribution in [3.05, 3.63) is 59.9 Å². The number of carbonyl (C=O) groups is 2. The fraction of sp³-hybridized carbons (Fsp3) is 0.263. The third-order valence-corrected chi connectivity index (χ3v) is 4.80. The molecule has 1 saturated heterocycles. The number of benzene rings is 2. The van der Waals surface area contributed by atoms with Crippen LogP contribution in [0.5, 0.6) is 0 Å². The highest BCUT2D eigenvalue weighted by Gasteiger charge is 2.46. The van der Waals surface area contributed by atoms with Crippen LogP contribution in [0.2, 0.25) is 0 Å². The van der Waals surface area contributed by atoms with E-state index in [4.69, 9.17) is 0 Å². The molecule has 0 N–H and O–H groups in total. The number of amides is 2. The molecular formula is C19H17FN2O2. The Morgan fingerprint density at radius 2 is 1.71 bits per heavy atom. The van der Waals surface area contributed by atoms with Gasteiger partial charge >= 0.3 is 0 Å². The Balaban J connectivity index is 1.68. The van der Waals surface area contributed by atoms with Gasteiger partial charge in [-0.3, -0.25) is 9.59 Å². The summed E-state index contributed by atoms with van der Waals surface area (Å²) in [6.45, 7) is 2.07. The summed E-state index contributed by atoms with van der Waals surface area (Å²) >= 11 is 0. The fourth-order valence-electron chi connectivity index (χ4n) is 3.76. The minimum absolute atomic E-state index is 0.148. The lowest BCUT2D eigenvalue weighted by molar-refractivity contribution is -0.121. The Bertz CT molecular complexity index is 818. The smallest absolute Gasteiger partial charge is 0.256 e. The van der Waals surface area contributed by atoms with Gasteiger partial charge in [0.15, 0.2) is 0 Å². The van der Waals surface area contributed by atoms with Crippen molar-refractivity contribution in [3.8, 4) is 0 Å². The minimum Gasteiger partial charge on any atom is -0.356 e. The molecule has 24 heavy (non-hydrogen) atoms. The van der Waals surface area contributed by atoms with Crippen molar-refractivity contribution in [2.75, 3.05) is 9.80 Å². The molecule has 0 aliphatic carbocycles. The van der Waals surface area contributed by atoms with Gasteiger partial charge in [-0.15, -0.1) is 0 Å². The highest BCUT2D eigenvalue weighted by molar-refractivity contribution is 6.23. The number of nitrogens with zero attached hydrogens (tertiary/aromatic N) is 2. The van der Waals surface area contributed by atoms with E-state index in [0.29, 0.717) is 5.69 Å². The second-order valence-corrected chi connectivity index (χ2v) is 6.35. The van der Waals surface area contributed by atoms with E-state index in [1.54, 1.807) is 0 Å². The SMILES string of the molecule is CC1Cc2ccccc2N1C1CC(=O)N(c2ccc(F)cc2)C1=O. The third-order valence-electron chi connectivity index (χ3n) is 4.80. The van der Waals surface area contributed by atoms with Crippen LogP contribution in [0.1, 0.15) is 18.9 Å². The first-order valence-corrected chi connectivity index (χ1v) is 8.05. The van der Waals surface area contributed by atoms with Crippen LogP contribution in [0, 0.1) is 5.82 Å². The second-order valence-electron chi connectivity index (χ2n) is 6.35. The van der Waals surface area contributed by atoms with E-state index in [1.807, 2.05) is 18.2 Å². The van der Waals surface area contributed by atoms with Crippen LogP contribution in [-0.4, -0.2) is 23.9 Å². The molecule has 2 aliphatic heterocycles. The Morgan fingerprint density at radius 1 is 1.00 bits per heavy atom. The number of rotatable bonds is 2. The zero-order chi connectivity index (χ0) is 16.8. The lowest BCUT2D eigenvalue weighted by Gasteiger charge is -2.29. The summed E-state index contributed by atoms with van der Waals surface area (Å²) in [5.74, 6) is -0.875. The molecule has 0 saturated carbocycles. The van der Waals surface area contributed by atoms with Crippen molar-refractivity contribution < 1.29 is 14.0 Å². The summed E-state index contributed by atoms with van der Waals surface area (Å²) in [5, 5.41) is 0. The standard InChI is InChI=1S/C19H17FN2O2/c1-12-10-13-4-2-3-5-16(13)21(12)17-11-18(23)22(19(17)24)15-8-6-14(20)7-9-15/h2-9,12,17H,10-11H2,1H3. The topological polar surface area (TPSA) is 40.6 Å². The molecule has 1 fully saturated rings. The Morgan fingerprint density at radius 3 is 2.46 bits per heavy atom. The van der Waals surface area contributed by atoms with E-state index >= 15 is 0 Å². The summed E-state index contributed by atoms with van der Waals surface area (Å²) in [5.41, 5.74) is 2.65. The van der Waals surface area contributed by atoms with Gasteiger partial charge in [-0.05, 0) is 49.2 Å². The van der Waals surface area contributed by atoms with Gasteiger partial charge in [-0.1, -0.05) is 18.2 Å². The molecule has 0 radical (unpaired) electrons. The molecule has 5 heteroatoms. The number of anilines is 2. The molecule has 0 aromatic heterocycles. The number of imide groups is 1. The molecule has 2 aromatic rings. The highest BCUT2D eigenvalue weighted by Crippen LogP contribution is 2.37. The summed E-state index contributed by atoms with van der Waals surface area (Å²) < 4.78 is 13.1. The van der Waals surface area contributed by atoms with Crippen molar-refractivity contribution >= 4 is 23.2 Å². The molecule has 122 valence electrons. The Labute approximate surface area is 139 Å². The average molecular weight is 324 g/mol. The predicted octanol–water partition coefficient (Wildman–Crippen LogP) is 2.91. The number of hydrogen-bond acceptors (Lipinski definition) is 3. The van der Waals surface area contributed by atoms with Crippen molar-refractivity contribution in [2.45, 2.75) is 31.8 Å². The predicted molar refractivity (Wildman–Crippen MR) is 89.4 cm³/mol. The molecule has 0 bridgehead atoms. The van der Waals surface area contributed by atoms with Gasteiger partial charge < -0.3 is 4.90 Å². The monoisotopic (exact) mass is 324 g/mol. The molecule has 2 aliphatic rings. The van der Waals surface area contributed by atoms with Crippen molar-refractivity contribution in [1.29, 1.82) is 0 Å². The van der Waals surface area contributed by atoms with E-state index in [2.05, 4.69) is 17.9 Å². The van der Waals surface area contributed by atoms with Crippen molar-refractivity contribution in [1.82, 2.24) is 0 Å². The maximum Gasteiger partial charge on any atom is 0.256 e. The molecule has 2 amide bonds. The van der Waals surface area contributed by atoms with E-state index in [9.17, 15) is 14.0 Å². The van der Waals surface area contributed by atoms with Gasteiger partial charge in [-0.25, -0.2) is 9.29 Å². The van der Waals surface area contributed by atoms with Crippen LogP contribution in [0.3, 0.4) is 0 Å². The third kappa shape index (κ3) is 2.19. The maximum atomic E-state index is 13.1. The van der Waals surface area contributed by atoms with Gasteiger partial charge in [0.25, 0.3) is 5.91 Å². The number of fused-ring (bicyclic) bond motifs is 1. The number of carbonyl (C=O) groups excluding carboxylic acids is 2. The molecule has 0 spiro atoms. The molecule has 4 nitrogen and oxygen atoms in total. The van der Waals surface area contributed by atoms with Gasteiger partial charge in [0, 0.05) is 11.7 Å². The van der Waals surface area contributed by atoms with Crippen LogP contribution in [0.25, 0.3) is 0 Å². The van der Waals surface area contributed by atoms with E-state index in [-0.39, 0.29) is 24.3 Å². The highest BCUT2D eigenvalue weighted by atomic mass is 19.1. The van der Waals surface area contributed by atoms with Gasteiger partial charge in [-0.2, -0.15) is 0 Å². The zero-order valence-electron chi connectivity index (χ0n) is 13.3. The number of para-hydroxylation sites is 1. The van der Waals surface area contributed by atoms with E-state index < -0.39 is 11.9 Å². The molecule has 4 rings (SSSR count). The first-order chi connectivity index (χ1) is 11.6. The number of hydrogen-bond donors (Lipinski definition) is 0. The Hall–Kier alpha value is -2.69. The normalized spacial score (nSPS) is 23.1. The lowest BCUT2D eigenvalue weighted by atomic mass is 10.1.